The molecular formula is C17H20ClNO. The quantitative estimate of drug-likeness (QED) is 0.776. The van der Waals surface area contributed by atoms with Crippen molar-refractivity contribution in [2.45, 2.75) is 19.4 Å². The zero-order valence-corrected chi connectivity index (χ0v) is 12.5. The number of hydrogen-bond donors (Lipinski definition) is 1. The van der Waals surface area contributed by atoms with Crippen molar-refractivity contribution in [2.24, 2.45) is 0 Å². The SMILES string of the molecule is COc1cccc(CNCCCc2cccc(Cl)c2)c1. The van der Waals surface area contributed by atoms with Gasteiger partial charge in [-0.2, -0.15) is 0 Å². The van der Waals surface area contributed by atoms with E-state index in [1.165, 1.54) is 11.1 Å². The van der Waals surface area contributed by atoms with Gasteiger partial charge >= 0.3 is 0 Å². The topological polar surface area (TPSA) is 21.3 Å². The summed E-state index contributed by atoms with van der Waals surface area (Å²) in [6, 6.07) is 16.2. The number of hydrogen-bond acceptors (Lipinski definition) is 2. The van der Waals surface area contributed by atoms with E-state index in [2.05, 4.69) is 23.5 Å². The first kappa shape index (κ1) is 14.9. The van der Waals surface area contributed by atoms with E-state index in [9.17, 15) is 0 Å². The molecule has 1 N–H and O–H groups in total. The third-order valence-electron chi connectivity index (χ3n) is 3.17. The van der Waals surface area contributed by atoms with E-state index in [4.69, 9.17) is 16.3 Å². The monoisotopic (exact) mass is 289 g/mol. The Labute approximate surface area is 125 Å². The largest absolute Gasteiger partial charge is 0.497 e. The molecule has 0 heterocycles. The maximum Gasteiger partial charge on any atom is 0.119 e. The zero-order valence-electron chi connectivity index (χ0n) is 11.7. The highest BCUT2D eigenvalue weighted by Gasteiger charge is 1.97. The van der Waals surface area contributed by atoms with Crippen LogP contribution in [0.2, 0.25) is 5.02 Å². The van der Waals surface area contributed by atoms with Crippen molar-refractivity contribution < 1.29 is 4.74 Å². The number of methoxy groups -OCH3 is 1. The second kappa shape index (κ2) is 7.93. The number of ether oxygens (including phenoxy) is 1. The van der Waals surface area contributed by atoms with Crippen molar-refractivity contribution in [1.29, 1.82) is 0 Å². The van der Waals surface area contributed by atoms with Gasteiger partial charge in [-0.05, 0) is 54.8 Å². The van der Waals surface area contributed by atoms with Gasteiger partial charge in [0.25, 0.3) is 0 Å². The van der Waals surface area contributed by atoms with E-state index >= 15 is 0 Å². The summed E-state index contributed by atoms with van der Waals surface area (Å²) in [5.41, 5.74) is 2.53. The Kier molecular flexibility index (Phi) is 5.90. The fourth-order valence-corrected chi connectivity index (χ4v) is 2.34. The molecule has 2 aromatic rings. The Morgan fingerprint density at radius 2 is 1.85 bits per heavy atom. The Bertz CT molecular complexity index is 542. The van der Waals surface area contributed by atoms with Crippen molar-refractivity contribution in [2.75, 3.05) is 13.7 Å². The van der Waals surface area contributed by atoms with Gasteiger partial charge in [-0.1, -0.05) is 35.9 Å². The molecule has 0 aliphatic carbocycles. The maximum atomic E-state index is 5.97. The molecule has 3 heteroatoms. The van der Waals surface area contributed by atoms with Crippen LogP contribution in [0.3, 0.4) is 0 Å². The van der Waals surface area contributed by atoms with Crippen LogP contribution in [-0.4, -0.2) is 13.7 Å². The highest BCUT2D eigenvalue weighted by molar-refractivity contribution is 6.30. The third kappa shape index (κ3) is 4.87. The summed E-state index contributed by atoms with van der Waals surface area (Å²) in [6.07, 6.45) is 2.15. The average molecular weight is 290 g/mol. The van der Waals surface area contributed by atoms with Crippen molar-refractivity contribution in [3.05, 3.63) is 64.7 Å². The standard InChI is InChI=1S/C17H20ClNO/c1-20-17-9-3-6-15(12-17)13-19-10-4-7-14-5-2-8-16(18)11-14/h2-3,5-6,8-9,11-12,19H,4,7,10,13H2,1H3. The molecule has 0 aliphatic heterocycles. The number of nitrogens with one attached hydrogen (secondary N) is 1. The van der Waals surface area contributed by atoms with E-state index < -0.39 is 0 Å². The second-order valence-corrected chi connectivity index (χ2v) is 5.20. The molecule has 0 saturated heterocycles. The van der Waals surface area contributed by atoms with Crippen LogP contribution in [-0.2, 0) is 13.0 Å². The Morgan fingerprint density at radius 1 is 1.05 bits per heavy atom. The number of rotatable bonds is 7. The van der Waals surface area contributed by atoms with Crippen molar-refractivity contribution in [1.82, 2.24) is 5.32 Å². The van der Waals surface area contributed by atoms with Crippen LogP contribution < -0.4 is 10.1 Å². The molecule has 20 heavy (non-hydrogen) atoms. The predicted molar refractivity (Wildman–Crippen MR) is 84.5 cm³/mol. The second-order valence-electron chi connectivity index (χ2n) is 4.76. The van der Waals surface area contributed by atoms with Crippen LogP contribution in [0.5, 0.6) is 5.75 Å². The Morgan fingerprint density at radius 3 is 2.65 bits per heavy atom. The molecule has 2 nitrogen and oxygen atoms in total. The summed E-state index contributed by atoms with van der Waals surface area (Å²) < 4.78 is 5.21. The van der Waals surface area contributed by atoms with Crippen LogP contribution in [0, 0.1) is 0 Å². The van der Waals surface area contributed by atoms with Gasteiger partial charge in [0, 0.05) is 11.6 Å². The first-order chi connectivity index (χ1) is 9.78. The molecule has 0 atom stereocenters. The van der Waals surface area contributed by atoms with Crippen molar-refractivity contribution in [3.8, 4) is 5.75 Å². The lowest BCUT2D eigenvalue weighted by molar-refractivity contribution is 0.414. The summed E-state index contributed by atoms with van der Waals surface area (Å²) in [5, 5.41) is 4.26. The van der Waals surface area contributed by atoms with Gasteiger partial charge in [-0.15, -0.1) is 0 Å². The third-order valence-corrected chi connectivity index (χ3v) is 3.41. The van der Waals surface area contributed by atoms with E-state index in [0.717, 1.165) is 36.7 Å². The van der Waals surface area contributed by atoms with Crippen LogP contribution >= 0.6 is 11.6 Å². The van der Waals surface area contributed by atoms with Gasteiger partial charge in [0.05, 0.1) is 7.11 Å². The molecule has 0 amide bonds. The fraction of sp³-hybridized carbons (Fsp3) is 0.294. The van der Waals surface area contributed by atoms with Gasteiger partial charge in [0.15, 0.2) is 0 Å². The van der Waals surface area contributed by atoms with E-state index in [0.29, 0.717) is 0 Å². The summed E-state index contributed by atoms with van der Waals surface area (Å²) in [5.74, 6) is 0.906. The van der Waals surface area contributed by atoms with E-state index in [-0.39, 0.29) is 0 Å². The highest BCUT2D eigenvalue weighted by atomic mass is 35.5. The Balaban J connectivity index is 1.68. The first-order valence-electron chi connectivity index (χ1n) is 6.86. The minimum Gasteiger partial charge on any atom is -0.497 e. The molecule has 0 bridgehead atoms. The van der Waals surface area contributed by atoms with Crippen LogP contribution in [0.4, 0.5) is 0 Å². The van der Waals surface area contributed by atoms with Gasteiger partial charge in [0.1, 0.15) is 5.75 Å². The fourth-order valence-electron chi connectivity index (χ4n) is 2.13. The average Bonchev–Trinajstić information content (AvgIpc) is 2.47. The molecule has 0 spiro atoms. The predicted octanol–water partition coefficient (Wildman–Crippen LogP) is 4.07. The molecule has 2 rings (SSSR count). The molecule has 0 unspecified atom stereocenters. The van der Waals surface area contributed by atoms with Crippen LogP contribution in [0.15, 0.2) is 48.5 Å². The lowest BCUT2D eigenvalue weighted by atomic mass is 10.1. The minimum absolute atomic E-state index is 0.812. The van der Waals surface area contributed by atoms with Gasteiger partial charge < -0.3 is 10.1 Å². The molecule has 0 saturated carbocycles. The zero-order chi connectivity index (χ0) is 14.2. The maximum absolute atomic E-state index is 5.97. The molecule has 0 radical (unpaired) electrons. The van der Waals surface area contributed by atoms with Crippen LogP contribution in [0.25, 0.3) is 0 Å². The van der Waals surface area contributed by atoms with E-state index in [1.807, 2.05) is 30.3 Å². The van der Waals surface area contributed by atoms with Crippen LogP contribution in [0.1, 0.15) is 17.5 Å². The number of halogens is 1. The summed E-state index contributed by atoms with van der Waals surface area (Å²) >= 11 is 5.97. The molecular weight excluding hydrogens is 270 g/mol. The first-order valence-corrected chi connectivity index (χ1v) is 7.24. The lowest BCUT2D eigenvalue weighted by Gasteiger charge is -2.07. The van der Waals surface area contributed by atoms with E-state index in [1.54, 1.807) is 7.11 Å². The van der Waals surface area contributed by atoms with Gasteiger partial charge in [-0.3, -0.25) is 0 Å². The molecule has 2 aromatic carbocycles. The molecule has 0 aliphatic rings. The van der Waals surface area contributed by atoms with Crippen molar-refractivity contribution in [3.63, 3.8) is 0 Å². The number of benzene rings is 2. The smallest absolute Gasteiger partial charge is 0.119 e. The number of aryl methyl sites for hydroxylation is 1. The molecule has 106 valence electrons. The lowest BCUT2D eigenvalue weighted by Crippen LogP contribution is -2.15. The van der Waals surface area contributed by atoms with Crippen molar-refractivity contribution >= 4 is 11.6 Å². The van der Waals surface area contributed by atoms with Gasteiger partial charge in [0.2, 0.25) is 0 Å². The highest BCUT2D eigenvalue weighted by Crippen LogP contribution is 2.13. The summed E-state index contributed by atoms with van der Waals surface area (Å²) in [4.78, 5) is 0. The van der Waals surface area contributed by atoms with Gasteiger partial charge in [-0.25, -0.2) is 0 Å². The normalized spacial score (nSPS) is 10.5. The summed E-state index contributed by atoms with van der Waals surface area (Å²) in [6.45, 7) is 1.86. The minimum atomic E-state index is 0.812. The molecule has 0 fully saturated rings. The molecule has 0 aromatic heterocycles. The summed E-state index contributed by atoms with van der Waals surface area (Å²) in [7, 11) is 1.69. The Hall–Kier alpha value is -1.51.